The van der Waals surface area contributed by atoms with E-state index in [1.54, 1.807) is 0 Å². The molecule has 4 nitrogen and oxygen atoms in total. The Morgan fingerprint density at radius 2 is 1.69 bits per heavy atom. The fourth-order valence-corrected chi connectivity index (χ4v) is 3.72. The fraction of sp³-hybridized carbons (Fsp3) is 0.318. The van der Waals surface area contributed by atoms with Crippen molar-refractivity contribution in [2.24, 2.45) is 4.99 Å². The first-order valence-electron chi connectivity index (χ1n) is 9.32. The number of amidine groups is 1. The van der Waals surface area contributed by atoms with Crippen molar-refractivity contribution in [3.8, 4) is 0 Å². The molecule has 0 fully saturated rings. The molecule has 0 saturated carbocycles. The van der Waals surface area contributed by atoms with Crippen molar-refractivity contribution in [3.05, 3.63) is 65.6 Å². The number of aromatic nitrogens is 2. The predicted octanol–water partition coefficient (Wildman–Crippen LogP) is 4.88. The molecule has 1 N–H and O–H groups in total. The van der Waals surface area contributed by atoms with E-state index in [0.717, 1.165) is 53.2 Å². The second-order valence-electron chi connectivity index (χ2n) is 6.99. The molecule has 2 aromatic carbocycles. The number of rotatable bonds is 4. The van der Waals surface area contributed by atoms with Gasteiger partial charge in [-0.1, -0.05) is 50.2 Å². The Morgan fingerprint density at radius 3 is 2.50 bits per heavy atom. The molecule has 0 bridgehead atoms. The van der Waals surface area contributed by atoms with Crippen LogP contribution in [0.3, 0.4) is 0 Å². The molecule has 3 aromatic rings. The van der Waals surface area contributed by atoms with Crippen molar-refractivity contribution in [3.63, 3.8) is 0 Å². The third-order valence-corrected chi connectivity index (χ3v) is 5.06. The summed E-state index contributed by atoms with van der Waals surface area (Å²) in [6.45, 7) is 6.45. The van der Waals surface area contributed by atoms with Gasteiger partial charge in [0.15, 0.2) is 0 Å². The molecular formula is C22H24N4. The van der Waals surface area contributed by atoms with Gasteiger partial charge in [-0.25, -0.2) is 9.97 Å². The molecule has 1 aromatic heterocycles. The zero-order valence-corrected chi connectivity index (χ0v) is 15.6. The van der Waals surface area contributed by atoms with Crippen LogP contribution in [0.15, 0.2) is 53.5 Å². The highest BCUT2D eigenvalue weighted by Crippen LogP contribution is 2.38. The van der Waals surface area contributed by atoms with Crippen molar-refractivity contribution in [2.75, 3.05) is 5.32 Å². The molecule has 0 spiro atoms. The number of anilines is 1. The number of benzene rings is 2. The highest BCUT2D eigenvalue weighted by Gasteiger charge is 2.33. The summed E-state index contributed by atoms with van der Waals surface area (Å²) < 4.78 is 0. The Balaban J connectivity index is 1.87. The number of para-hydroxylation sites is 2. The molecule has 26 heavy (non-hydrogen) atoms. The number of nitrogens with one attached hydrogen (secondary N) is 1. The first kappa shape index (κ1) is 16.7. The van der Waals surface area contributed by atoms with Gasteiger partial charge >= 0.3 is 0 Å². The van der Waals surface area contributed by atoms with Crippen LogP contribution in [0.2, 0.25) is 0 Å². The summed E-state index contributed by atoms with van der Waals surface area (Å²) in [4.78, 5) is 14.6. The van der Waals surface area contributed by atoms with Crippen molar-refractivity contribution in [1.82, 2.24) is 9.97 Å². The highest BCUT2D eigenvalue weighted by molar-refractivity contribution is 5.98. The SMILES string of the molecule is CCC1=NC(C)(Cc2nc(CC)nc3ccccc23)c2ccccc2N1. The van der Waals surface area contributed by atoms with Gasteiger partial charge < -0.3 is 5.32 Å². The van der Waals surface area contributed by atoms with Gasteiger partial charge in [0.2, 0.25) is 0 Å². The number of aliphatic imine (C=N–C) groups is 1. The largest absolute Gasteiger partial charge is 0.344 e. The van der Waals surface area contributed by atoms with Crippen LogP contribution in [0, 0.1) is 0 Å². The smallest absolute Gasteiger partial charge is 0.129 e. The normalized spacial score (nSPS) is 19.0. The van der Waals surface area contributed by atoms with E-state index in [2.05, 4.69) is 73.5 Å². The van der Waals surface area contributed by atoms with E-state index in [0.29, 0.717) is 0 Å². The number of fused-ring (bicyclic) bond motifs is 2. The summed E-state index contributed by atoms with van der Waals surface area (Å²) in [6.07, 6.45) is 2.47. The van der Waals surface area contributed by atoms with Crippen molar-refractivity contribution >= 4 is 22.4 Å². The highest BCUT2D eigenvalue weighted by atomic mass is 15.1. The average molecular weight is 344 g/mol. The number of hydrogen-bond acceptors (Lipinski definition) is 4. The Hall–Kier alpha value is -2.75. The van der Waals surface area contributed by atoms with E-state index in [-0.39, 0.29) is 5.54 Å². The standard InChI is InChI=1S/C22H24N4/c1-4-20-23-17-12-8-6-10-15(17)19(25-20)14-22(3)16-11-7-9-13-18(16)24-21(5-2)26-22/h6-13H,4-5,14H2,1-3H3,(H,24,26). The van der Waals surface area contributed by atoms with Gasteiger partial charge in [0, 0.05) is 35.9 Å². The minimum Gasteiger partial charge on any atom is -0.344 e. The molecule has 0 amide bonds. The Bertz CT molecular complexity index is 992. The first-order valence-corrected chi connectivity index (χ1v) is 9.32. The Morgan fingerprint density at radius 1 is 0.923 bits per heavy atom. The molecule has 2 heterocycles. The topological polar surface area (TPSA) is 50.2 Å². The van der Waals surface area contributed by atoms with Crippen molar-refractivity contribution in [1.29, 1.82) is 0 Å². The molecule has 132 valence electrons. The van der Waals surface area contributed by atoms with Crippen molar-refractivity contribution < 1.29 is 0 Å². The zero-order chi connectivity index (χ0) is 18.1. The summed E-state index contributed by atoms with van der Waals surface area (Å²) in [5, 5.41) is 4.59. The fourth-order valence-electron chi connectivity index (χ4n) is 3.72. The van der Waals surface area contributed by atoms with Gasteiger partial charge in [-0.2, -0.15) is 0 Å². The summed E-state index contributed by atoms with van der Waals surface area (Å²) in [5.41, 5.74) is 4.12. The monoisotopic (exact) mass is 344 g/mol. The van der Waals surface area contributed by atoms with Crippen LogP contribution in [0.25, 0.3) is 10.9 Å². The number of aryl methyl sites for hydroxylation is 1. The molecule has 0 saturated heterocycles. The maximum absolute atomic E-state index is 5.08. The lowest BCUT2D eigenvalue weighted by atomic mass is 9.84. The first-order chi connectivity index (χ1) is 12.6. The van der Waals surface area contributed by atoms with E-state index in [1.165, 1.54) is 5.56 Å². The van der Waals surface area contributed by atoms with Crippen LogP contribution in [0.5, 0.6) is 0 Å². The summed E-state index contributed by atoms with van der Waals surface area (Å²) in [6, 6.07) is 16.7. The predicted molar refractivity (Wildman–Crippen MR) is 108 cm³/mol. The van der Waals surface area contributed by atoms with Gasteiger partial charge in [0.25, 0.3) is 0 Å². The molecule has 4 heteroatoms. The van der Waals surface area contributed by atoms with Gasteiger partial charge in [-0.05, 0) is 19.1 Å². The van der Waals surface area contributed by atoms with Crippen LogP contribution in [0.4, 0.5) is 5.69 Å². The molecule has 1 aliphatic rings. The average Bonchev–Trinajstić information content (AvgIpc) is 2.67. The second-order valence-corrected chi connectivity index (χ2v) is 6.99. The van der Waals surface area contributed by atoms with E-state index >= 15 is 0 Å². The van der Waals surface area contributed by atoms with Gasteiger partial charge in [-0.15, -0.1) is 0 Å². The van der Waals surface area contributed by atoms with E-state index < -0.39 is 0 Å². The van der Waals surface area contributed by atoms with Crippen LogP contribution in [-0.2, 0) is 18.4 Å². The van der Waals surface area contributed by atoms with E-state index in [9.17, 15) is 0 Å². The van der Waals surface area contributed by atoms with Crippen LogP contribution >= 0.6 is 0 Å². The molecule has 0 radical (unpaired) electrons. The quantitative estimate of drug-likeness (QED) is 0.733. The molecular weight excluding hydrogens is 320 g/mol. The second kappa shape index (κ2) is 6.52. The van der Waals surface area contributed by atoms with Crippen LogP contribution in [0.1, 0.15) is 44.3 Å². The van der Waals surface area contributed by atoms with Crippen LogP contribution < -0.4 is 5.32 Å². The molecule has 0 aliphatic carbocycles. The van der Waals surface area contributed by atoms with E-state index in [1.807, 2.05) is 6.07 Å². The van der Waals surface area contributed by atoms with Gasteiger partial charge in [0.1, 0.15) is 11.7 Å². The number of nitrogens with zero attached hydrogens (tertiary/aromatic N) is 3. The lowest BCUT2D eigenvalue weighted by Gasteiger charge is -2.34. The lowest BCUT2D eigenvalue weighted by Crippen LogP contribution is -2.33. The van der Waals surface area contributed by atoms with Gasteiger partial charge in [-0.3, -0.25) is 4.99 Å². The lowest BCUT2D eigenvalue weighted by molar-refractivity contribution is 0.486. The molecule has 1 aliphatic heterocycles. The zero-order valence-electron chi connectivity index (χ0n) is 15.6. The Labute approximate surface area is 154 Å². The molecule has 4 rings (SSSR count). The molecule has 1 unspecified atom stereocenters. The van der Waals surface area contributed by atoms with Crippen LogP contribution in [-0.4, -0.2) is 15.8 Å². The third kappa shape index (κ3) is 2.85. The summed E-state index contributed by atoms with van der Waals surface area (Å²) >= 11 is 0. The maximum Gasteiger partial charge on any atom is 0.129 e. The Kier molecular flexibility index (Phi) is 4.19. The minimum absolute atomic E-state index is 0.338. The van der Waals surface area contributed by atoms with E-state index in [4.69, 9.17) is 9.98 Å². The third-order valence-electron chi connectivity index (χ3n) is 5.06. The maximum atomic E-state index is 5.08. The van der Waals surface area contributed by atoms with Crippen molar-refractivity contribution in [2.45, 2.75) is 45.6 Å². The minimum atomic E-state index is -0.338. The summed E-state index contributed by atoms with van der Waals surface area (Å²) in [5.74, 6) is 1.92. The number of hydrogen-bond donors (Lipinski definition) is 1. The summed E-state index contributed by atoms with van der Waals surface area (Å²) in [7, 11) is 0. The molecule has 1 atom stereocenters. The van der Waals surface area contributed by atoms with Gasteiger partial charge in [0.05, 0.1) is 16.7 Å².